The minimum absolute atomic E-state index is 0.147. The summed E-state index contributed by atoms with van der Waals surface area (Å²) in [5.74, 6) is 0. The van der Waals surface area contributed by atoms with Crippen LogP contribution < -0.4 is 0 Å². The summed E-state index contributed by atoms with van der Waals surface area (Å²) in [4.78, 5) is 4.02. The summed E-state index contributed by atoms with van der Waals surface area (Å²) in [6, 6.07) is 19.6. The van der Waals surface area contributed by atoms with Crippen LogP contribution in [0.15, 0.2) is 60.7 Å². The first-order valence-corrected chi connectivity index (χ1v) is 15.2. The fourth-order valence-electron chi connectivity index (χ4n) is 6.95. The highest BCUT2D eigenvalue weighted by molar-refractivity contribution is 5.14. The molecule has 0 radical (unpaired) electrons. The number of ether oxygens (including phenoxy) is 2. The monoisotopic (exact) mass is 586 g/mol. The van der Waals surface area contributed by atoms with Crippen LogP contribution in [0.25, 0.3) is 0 Å². The summed E-state index contributed by atoms with van der Waals surface area (Å²) < 4.78 is 11.6. The van der Waals surface area contributed by atoms with E-state index >= 15 is 0 Å². The fourth-order valence-corrected chi connectivity index (χ4v) is 6.95. The van der Waals surface area contributed by atoms with Crippen LogP contribution in [0.4, 0.5) is 0 Å². The van der Waals surface area contributed by atoms with Gasteiger partial charge in [-0.2, -0.15) is 0 Å². The summed E-state index contributed by atoms with van der Waals surface area (Å²) in [6.45, 7) is 3.03. The van der Waals surface area contributed by atoms with Crippen molar-refractivity contribution in [2.75, 3.05) is 26.3 Å². The molecule has 10 atom stereocenters. The molecule has 2 aromatic rings. The molecule has 4 aliphatic rings. The molecule has 0 aliphatic carbocycles. The van der Waals surface area contributed by atoms with Gasteiger partial charge in [-0.1, -0.05) is 60.7 Å². The molecule has 6 N–H and O–H groups in total. The number of fused-ring (bicyclic) bond motifs is 2. The molecule has 10 nitrogen and oxygen atoms in total. The van der Waals surface area contributed by atoms with E-state index in [9.17, 15) is 30.6 Å². The van der Waals surface area contributed by atoms with Gasteiger partial charge in [-0.05, 0) is 36.8 Å². The molecule has 0 bridgehead atoms. The third-order valence-corrected chi connectivity index (χ3v) is 9.21. The molecular weight excluding hydrogens is 540 g/mol. The number of aliphatic hydroxyl groups excluding tert-OH is 6. The Morgan fingerprint density at radius 1 is 0.524 bits per heavy atom. The number of hydrogen-bond acceptors (Lipinski definition) is 10. The summed E-state index contributed by atoms with van der Waals surface area (Å²) >= 11 is 0. The first-order chi connectivity index (χ1) is 20.3. The van der Waals surface area contributed by atoms with Gasteiger partial charge in [0.1, 0.15) is 0 Å². The van der Waals surface area contributed by atoms with E-state index in [-0.39, 0.29) is 24.2 Å². The third kappa shape index (κ3) is 7.39. The Morgan fingerprint density at radius 3 is 1.29 bits per heavy atom. The second kappa shape index (κ2) is 14.7. The lowest BCUT2D eigenvalue weighted by Gasteiger charge is -2.40. The van der Waals surface area contributed by atoms with E-state index in [2.05, 4.69) is 0 Å². The Hall–Kier alpha value is -1.96. The molecule has 4 unspecified atom stereocenters. The minimum atomic E-state index is -0.864. The predicted octanol–water partition coefficient (Wildman–Crippen LogP) is 0.265. The molecule has 232 valence electrons. The van der Waals surface area contributed by atoms with Gasteiger partial charge < -0.3 is 40.1 Å². The Labute approximate surface area is 247 Å². The molecule has 6 rings (SSSR count). The Bertz CT molecular complexity index is 995. The lowest BCUT2D eigenvalue weighted by Crippen LogP contribution is -2.54. The predicted molar refractivity (Wildman–Crippen MR) is 155 cm³/mol. The zero-order chi connectivity index (χ0) is 29.6. The number of aliphatic hydroxyl groups is 6. The molecule has 10 heteroatoms. The van der Waals surface area contributed by atoms with Crippen molar-refractivity contribution >= 4 is 0 Å². The maximum Gasteiger partial charge on any atom is 0.0991 e. The normalized spacial score (nSPS) is 36.6. The number of benzene rings is 2. The molecular formula is C32H46N2O8. The summed E-state index contributed by atoms with van der Waals surface area (Å²) in [5.41, 5.74) is 2.26. The molecule has 0 aromatic heterocycles. The van der Waals surface area contributed by atoms with E-state index in [0.717, 1.165) is 24.0 Å². The molecule has 0 spiro atoms. The van der Waals surface area contributed by atoms with E-state index in [0.29, 0.717) is 52.4 Å². The zero-order valence-electron chi connectivity index (χ0n) is 24.0. The van der Waals surface area contributed by atoms with Gasteiger partial charge in [0, 0.05) is 25.2 Å². The van der Waals surface area contributed by atoms with Gasteiger partial charge in [-0.25, -0.2) is 0 Å². The topological polar surface area (TPSA) is 146 Å². The maximum absolute atomic E-state index is 10.0. The molecule has 4 heterocycles. The molecule has 0 amide bonds. The van der Waals surface area contributed by atoms with Crippen LogP contribution in [0.5, 0.6) is 0 Å². The van der Waals surface area contributed by atoms with Crippen molar-refractivity contribution in [3.63, 3.8) is 0 Å². The highest BCUT2D eigenvalue weighted by atomic mass is 16.5. The minimum Gasteiger partial charge on any atom is -0.391 e. The largest absolute Gasteiger partial charge is 0.391 e. The SMILES string of the molecule is OC1CCC(COCc2ccccc2)N2C[C@H](O)C(O)[C@@H]12.O[C@@H]1CC[C@@H](COCc2ccccc2)N2C[C@@H](O)[C@@H](O)C12. The second-order valence-electron chi connectivity index (χ2n) is 12.1. The summed E-state index contributed by atoms with van der Waals surface area (Å²) in [5, 5.41) is 59.7. The molecule has 2 aromatic carbocycles. The van der Waals surface area contributed by atoms with E-state index in [1.54, 1.807) is 0 Å². The van der Waals surface area contributed by atoms with Crippen LogP contribution in [0.2, 0.25) is 0 Å². The van der Waals surface area contributed by atoms with Gasteiger partial charge in [-0.15, -0.1) is 0 Å². The van der Waals surface area contributed by atoms with Crippen LogP contribution in [-0.4, -0.2) is 128 Å². The van der Waals surface area contributed by atoms with E-state index < -0.39 is 36.6 Å². The number of rotatable bonds is 8. The standard InChI is InChI=1S/2C16H23NO4/c2*18-13-7-6-12(17-8-14(19)16(20)15(13)17)10-21-9-11-4-2-1-3-5-11/h2*1-5,12-16,18-20H,6-10H2/t12?,13?,14-,15+,16?;12-,13+,14+,15?,16+/m00/s1. The third-order valence-electron chi connectivity index (χ3n) is 9.21. The van der Waals surface area contributed by atoms with Crippen LogP contribution >= 0.6 is 0 Å². The fraction of sp³-hybridized carbons (Fsp3) is 0.625. The van der Waals surface area contributed by atoms with Crippen LogP contribution in [-0.2, 0) is 22.7 Å². The number of nitrogens with zero attached hydrogens (tertiary/aromatic N) is 2. The van der Waals surface area contributed by atoms with Gasteiger partial charge in [0.15, 0.2) is 0 Å². The van der Waals surface area contributed by atoms with Crippen molar-refractivity contribution < 1.29 is 40.1 Å². The highest BCUT2D eigenvalue weighted by Gasteiger charge is 2.50. The van der Waals surface area contributed by atoms with Crippen LogP contribution in [0.1, 0.15) is 36.8 Å². The summed E-state index contributed by atoms with van der Waals surface area (Å²) in [6.07, 6.45) is -1.48. The lowest BCUT2D eigenvalue weighted by molar-refractivity contribution is -0.0628. The molecule has 4 fully saturated rings. The Balaban J connectivity index is 0.000000168. The first-order valence-electron chi connectivity index (χ1n) is 15.2. The van der Waals surface area contributed by atoms with E-state index in [4.69, 9.17) is 9.47 Å². The second-order valence-corrected chi connectivity index (χ2v) is 12.1. The van der Waals surface area contributed by atoms with Gasteiger partial charge in [0.25, 0.3) is 0 Å². The van der Waals surface area contributed by atoms with Gasteiger partial charge in [0.05, 0.1) is 75.1 Å². The van der Waals surface area contributed by atoms with Crippen molar-refractivity contribution in [2.45, 2.75) is 99.7 Å². The number of hydrogen-bond donors (Lipinski definition) is 6. The van der Waals surface area contributed by atoms with Crippen molar-refractivity contribution in [3.05, 3.63) is 71.8 Å². The first kappa shape index (κ1) is 31.5. The Kier molecular flexibility index (Phi) is 11.0. The zero-order valence-corrected chi connectivity index (χ0v) is 24.0. The maximum atomic E-state index is 10.0. The molecule has 42 heavy (non-hydrogen) atoms. The van der Waals surface area contributed by atoms with Crippen LogP contribution in [0.3, 0.4) is 0 Å². The Morgan fingerprint density at radius 2 is 0.905 bits per heavy atom. The average molecular weight is 587 g/mol. The molecule has 4 aliphatic heterocycles. The lowest BCUT2D eigenvalue weighted by atomic mass is 9.92. The van der Waals surface area contributed by atoms with Crippen molar-refractivity contribution in [3.8, 4) is 0 Å². The van der Waals surface area contributed by atoms with E-state index in [1.807, 2.05) is 70.5 Å². The number of piperidine rings is 2. The van der Waals surface area contributed by atoms with Crippen molar-refractivity contribution in [1.29, 1.82) is 0 Å². The van der Waals surface area contributed by atoms with Gasteiger partial charge >= 0.3 is 0 Å². The van der Waals surface area contributed by atoms with E-state index in [1.165, 1.54) is 0 Å². The summed E-state index contributed by atoms with van der Waals surface area (Å²) in [7, 11) is 0. The smallest absolute Gasteiger partial charge is 0.0991 e. The van der Waals surface area contributed by atoms with Crippen LogP contribution in [0, 0.1) is 0 Å². The van der Waals surface area contributed by atoms with Crippen molar-refractivity contribution in [1.82, 2.24) is 9.80 Å². The van der Waals surface area contributed by atoms with Crippen molar-refractivity contribution in [2.24, 2.45) is 0 Å². The highest BCUT2D eigenvalue weighted by Crippen LogP contribution is 2.33. The average Bonchev–Trinajstić information content (AvgIpc) is 3.48. The van der Waals surface area contributed by atoms with Gasteiger partial charge in [0.2, 0.25) is 0 Å². The quantitative estimate of drug-likeness (QED) is 0.255. The van der Waals surface area contributed by atoms with Gasteiger partial charge in [-0.3, -0.25) is 9.80 Å². The molecule has 0 saturated carbocycles. The molecule has 4 saturated heterocycles.